The van der Waals surface area contributed by atoms with Crippen molar-refractivity contribution in [3.8, 4) is 0 Å². The van der Waals surface area contributed by atoms with Crippen LogP contribution in [0.4, 0.5) is 4.39 Å². The highest BCUT2D eigenvalue weighted by molar-refractivity contribution is 5.96. The van der Waals surface area contributed by atoms with E-state index in [0.717, 1.165) is 37.9 Å². The van der Waals surface area contributed by atoms with E-state index >= 15 is 0 Å². The average Bonchev–Trinajstić information content (AvgIpc) is 2.42. The predicted molar refractivity (Wildman–Crippen MR) is 73.7 cm³/mol. The van der Waals surface area contributed by atoms with Crippen LogP contribution in [-0.4, -0.2) is 37.0 Å². The lowest BCUT2D eigenvalue weighted by molar-refractivity contribution is 0.0614. The van der Waals surface area contributed by atoms with E-state index in [1.54, 1.807) is 6.07 Å². The van der Waals surface area contributed by atoms with Crippen molar-refractivity contribution in [2.45, 2.75) is 32.2 Å². The SMILES string of the molecule is CNCC1CCCCN1C(=O)c1cc(F)ccc1C. The zero-order valence-electron chi connectivity index (χ0n) is 11.6. The van der Waals surface area contributed by atoms with Crippen LogP contribution in [0.25, 0.3) is 0 Å². The molecule has 0 spiro atoms. The molecule has 1 fully saturated rings. The lowest BCUT2D eigenvalue weighted by Crippen LogP contribution is -2.48. The second-order valence-corrected chi connectivity index (χ2v) is 5.17. The number of halogens is 1. The maximum Gasteiger partial charge on any atom is 0.254 e. The van der Waals surface area contributed by atoms with Gasteiger partial charge in [0.25, 0.3) is 5.91 Å². The van der Waals surface area contributed by atoms with Gasteiger partial charge in [-0.3, -0.25) is 4.79 Å². The Morgan fingerprint density at radius 2 is 2.26 bits per heavy atom. The normalized spacial score (nSPS) is 19.5. The second kappa shape index (κ2) is 6.15. The van der Waals surface area contributed by atoms with Gasteiger partial charge in [0.05, 0.1) is 0 Å². The van der Waals surface area contributed by atoms with Crippen LogP contribution in [-0.2, 0) is 0 Å². The van der Waals surface area contributed by atoms with E-state index in [0.29, 0.717) is 5.56 Å². The summed E-state index contributed by atoms with van der Waals surface area (Å²) in [7, 11) is 1.89. The molecule has 1 amide bonds. The molecule has 2 rings (SSSR count). The summed E-state index contributed by atoms with van der Waals surface area (Å²) in [5.41, 5.74) is 1.32. The van der Waals surface area contributed by atoms with Gasteiger partial charge in [0, 0.05) is 24.7 Å². The summed E-state index contributed by atoms with van der Waals surface area (Å²) >= 11 is 0. The van der Waals surface area contributed by atoms with E-state index in [9.17, 15) is 9.18 Å². The molecule has 1 saturated heterocycles. The second-order valence-electron chi connectivity index (χ2n) is 5.17. The molecule has 4 heteroatoms. The number of rotatable bonds is 3. The largest absolute Gasteiger partial charge is 0.334 e. The number of hydrogen-bond donors (Lipinski definition) is 1. The zero-order valence-corrected chi connectivity index (χ0v) is 11.6. The van der Waals surface area contributed by atoms with Crippen LogP contribution in [0.3, 0.4) is 0 Å². The zero-order chi connectivity index (χ0) is 13.8. The summed E-state index contributed by atoms with van der Waals surface area (Å²) in [5, 5.41) is 3.13. The highest BCUT2D eigenvalue weighted by Gasteiger charge is 2.27. The van der Waals surface area contributed by atoms with Gasteiger partial charge in [-0.25, -0.2) is 4.39 Å². The minimum absolute atomic E-state index is 0.0445. The van der Waals surface area contributed by atoms with E-state index in [4.69, 9.17) is 0 Å². The molecule has 1 aromatic carbocycles. The number of benzene rings is 1. The fourth-order valence-electron chi connectivity index (χ4n) is 2.70. The third-order valence-corrected chi connectivity index (χ3v) is 3.76. The summed E-state index contributed by atoms with van der Waals surface area (Å²) in [4.78, 5) is 14.5. The van der Waals surface area contributed by atoms with Crippen molar-refractivity contribution in [1.29, 1.82) is 0 Å². The monoisotopic (exact) mass is 264 g/mol. The Balaban J connectivity index is 2.23. The maximum absolute atomic E-state index is 13.3. The summed E-state index contributed by atoms with van der Waals surface area (Å²) in [5.74, 6) is -0.395. The summed E-state index contributed by atoms with van der Waals surface area (Å²) in [6.45, 7) is 3.41. The molecule has 0 radical (unpaired) electrons. The van der Waals surface area contributed by atoms with Gasteiger partial charge < -0.3 is 10.2 Å². The van der Waals surface area contributed by atoms with E-state index < -0.39 is 0 Å². The first-order valence-corrected chi connectivity index (χ1v) is 6.85. The van der Waals surface area contributed by atoms with Gasteiger partial charge in [-0.05, 0) is 50.9 Å². The van der Waals surface area contributed by atoms with Gasteiger partial charge in [0.15, 0.2) is 0 Å². The first-order chi connectivity index (χ1) is 9.13. The van der Waals surface area contributed by atoms with Gasteiger partial charge in [0.2, 0.25) is 0 Å². The molecular formula is C15H21FN2O. The molecule has 1 atom stereocenters. The number of hydrogen-bond acceptors (Lipinski definition) is 2. The van der Waals surface area contributed by atoms with Crippen LogP contribution in [0.15, 0.2) is 18.2 Å². The lowest BCUT2D eigenvalue weighted by Gasteiger charge is -2.36. The first kappa shape index (κ1) is 14.0. The van der Waals surface area contributed by atoms with Crippen molar-refractivity contribution >= 4 is 5.91 Å². The van der Waals surface area contributed by atoms with Gasteiger partial charge in [-0.1, -0.05) is 6.07 Å². The van der Waals surface area contributed by atoms with Gasteiger partial charge >= 0.3 is 0 Å². The number of amides is 1. The topological polar surface area (TPSA) is 32.3 Å². The van der Waals surface area contributed by atoms with Crippen molar-refractivity contribution in [1.82, 2.24) is 10.2 Å². The quantitative estimate of drug-likeness (QED) is 0.909. The molecule has 1 heterocycles. The first-order valence-electron chi connectivity index (χ1n) is 6.85. The minimum atomic E-state index is -0.351. The fourth-order valence-corrected chi connectivity index (χ4v) is 2.70. The van der Waals surface area contributed by atoms with Crippen molar-refractivity contribution in [3.05, 3.63) is 35.1 Å². The number of piperidine rings is 1. The van der Waals surface area contributed by atoms with E-state index in [1.807, 2.05) is 18.9 Å². The Bertz CT molecular complexity index is 459. The molecular weight excluding hydrogens is 243 g/mol. The molecule has 0 aromatic heterocycles. The van der Waals surface area contributed by atoms with Crippen molar-refractivity contribution < 1.29 is 9.18 Å². The summed E-state index contributed by atoms with van der Waals surface area (Å²) in [6.07, 6.45) is 3.19. The third-order valence-electron chi connectivity index (χ3n) is 3.76. The Hall–Kier alpha value is -1.42. The molecule has 1 aliphatic rings. The van der Waals surface area contributed by atoms with Crippen LogP contribution < -0.4 is 5.32 Å². The van der Waals surface area contributed by atoms with Gasteiger partial charge in [0.1, 0.15) is 5.82 Å². The molecule has 1 aliphatic heterocycles. The fraction of sp³-hybridized carbons (Fsp3) is 0.533. The molecule has 0 saturated carbocycles. The van der Waals surface area contributed by atoms with Crippen LogP contribution in [0.5, 0.6) is 0 Å². The van der Waals surface area contributed by atoms with E-state index in [-0.39, 0.29) is 17.8 Å². The van der Waals surface area contributed by atoms with Crippen molar-refractivity contribution in [2.24, 2.45) is 0 Å². The van der Waals surface area contributed by atoms with Crippen LogP contribution in [0, 0.1) is 12.7 Å². The highest BCUT2D eigenvalue weighted by Crippen LogP contribution is 2.21. The van der Waals surface area contributed by atoms with Gasteiger partial charge in [-0.15, -0.1) is 0 Å². The Labute approximate surface area is 113 Å². The molecule has 1 N–H and O–H groups in total. The maximum atomic E-state index is 13.3. The molecule has 1 aromatic rings. The van der Waals surface area contributed by atoms with Gasteiger partial charge in [-0.2, -0.15) is 0 Å². The highest BCUT2D eigenvalue weighted by atomic mass is 19.1. The smallest absolute Gasteiger partial charge is 0.254 e. The van der Waals surface area contributed by atoms with Crippen molar-refractivity contribution in [3.63, 3.8) is 0 Å². The van der Waals surface area contributed by atoms with Crippen LogP contribution in [0.1, 0.15) is 35.2 Å². The third kappa shape index (κ3) is 3.13. The number of carbonyl (C=O) groups is 1. The van der Waals surface area contributed by atoms with E-state index in [1.165, 1.54) is 12.1 Å². The number of aryl methyl sites for hydroxylation is 1. The Kier molecular flexibility index (Phi) is 4.53. The molecule has 1 unspecified atom stereocenters. The lowest BCUT2D eigenvalue weighted by atomic mass is 9.99. The number of nitrogens with zero attached hydrogens (tertiary/aromatic N) is 1. The number of nitrogens with one attached hydrogen (secondary N) is 1. The van der Waals surface area contributed by atoms with Crippen LogP contribution >= 0.6 is 0 Å². The summed E-state index contributed by atoms with van der Waals surface area (Å²) < 4.78 is 13.3. The number of carbonyl (C=O) groups excluding carboxylic acids is 1. The summed E-state index contributed by atoms with van der Waals surface area (Å²) in [6, 6.07) is 4.63. The molecule has 3 nitrogen and oxygen atoms in total. The molecule has 0 aliphatic carbocycles. The number of likely N-dealkylation sites (tertiary alicyclic amines) is 1. The van der Waals surface area contributed by atoms with Crippen molar-refractivity contribution in [2.75, 3.05) is 20.1 Å². The minimum Gasteiger partial charge on any atom is -0.334 e. The average molecular weight is 264 g/mol. The van der Waals surface area contributed by atoms with E-state index in [2.05, 4.69) is 5.32 Å². The Morgan fingerprint density at radius 3 is 3.00 bits per heavy atom. The van der Waals surface area contributed by atoms with Crippen LogP contribution in [0.2, 0.25) is 0 Å². The standard InChI is InChI=1S/C15H21FN2O/c1-11-6-7-12(16)9-14(11)15(19)18-8-4-3-5-13(18)10-17-2/h6-7,9,13,17H,3-5,8,10H2,1-2H3. The predicted octanol–water partition coefficient (Wildman–Crippen LogP) is 2.35. The molecule has 19 heavy (non-hydrogen) atoms. The molecule has 0 bridgehead atoms. The molecule has 104 valence electrons. The number of likely N-dealkylation sites (N-methyl/N-ethyl adjacent to an activating group) is 1. The Morgan fingerprint density at radius 1 is 1.47 bits per heavy atom.